The number of esters is 1. The molecule has 56 valence electrons. The van der Waals surface area contributed by atoms with E-state index >= 15 is 0 Å². The largest absolute Gasteiger partial charge is 0.481 e. The summed E-state index contributed by atoms with van der Waals surface area (Å²) in [6.07, 6.45) is -0.457. The molecule has 4 nitrogen and oxygen atoms in total. The summed E-state index contributed by atoms with van der Waals surface area (Å²) in [5, 5.41) is 8.47. The number of cyclic esters (lactones) is 1. The Hall–Kier alpha value is -1.06. The molecule has 0 aromatic carbocycles. The highest BCUT2D eigenvalue weighted by Gasteiger charge is 2.36. The minimum absolute atomic E-state index is 0.0104. The summed E-state index contributed by atoms with van der Waals surface area (Å²) in [6, 6.07) is 0. The summed E-state index contributed by atoms with van der Waals surface area (Å²) in [6.45, 7) is 1.59. The summed E-state index contributed by atoms with van der Waals surface area (Å²) < 4.78 is 4.62. The van der Waals surface area contributed by atoms with Gasteiger partial charge in [-0.05, 0) is 6.92 Å². The van der Waals surface area contributed by atoms with Gasteiger partial charge in [-0.25, -0.2) is 0 Å². The van der Waals surface area contributed by atoms with Gasteiger partial charge in [-0.1, -0.05) is 0 Å². The smallest absolute Gasteiger partial charge is 0.310 e. The Morgan fingerprint density at radius 2 is 2.40 bits per heavy atom. The molecule has 0 aliphatic carbocycles. The first-order chi connectivity index (χ1) is 4.61. The number of ether oxygens (including phenoxy) is 1. The third-order valence-electron chi connectivity index (χ3n) is 1.59. The molecule has 0 aromatic rings. The highest BCUT2D eigenvalue weighted by molar-refractivity contribution is 5.82. The van der Waals surface area contributed by atoms with Crippen LogP contribution in [0.4, 0.5) is 0 Å². The second-order valence-electron chi connectivity index (χ2n) is 2.34. The third-order valence-corrected chi connectivity index (χ3v) is 1.59. The summed E-state index contributed by atoms with van der Waals surface area (Å²) in [4.78, 5) is 20.8. The lowest BCUT2D eigenvalue weighted by Gasteiger charge is -2.05. The Morgan fingerprint density at radius 1 is 1.80 bits per heavy atom. The molecule has 0 amide bonds. The highest BCUT2D eigenvalue weighted by Crippen LogP contribution is 2.21. The topological polar surface area (TPSA) is 63.6 Å². The minimum atomic E-state index is -0.960. The average Bonchev–Trinajstić information content (AvgIpc) is 2.10. The Morgan fingerprint density at radius 3 is 2.60 bits per heavy atom. The molecule has 10 heavy (non-hydrogen) atoms. The molecule has 0 bridgehead atoms. The van der Waals surface area contributed by atoms with Crippen molar-refractivity contribution in [3.8, 4) is 0 Å². The molecule has 1 rings (SSSR count). The quantitative estimate of drug-likeness (QED) is 0.527. The Labute approximate surface area is 57.8 Å². The third kappa shape index (κ3) is 1.10. The van der Waals surface area contributed by atoms with Gasteiger partial charge in [0.05, 0.1) is 6.42 Å². The van der Waals surface area contributed by atoms with Crippen LogP contribution in [0.5, 0.6) is 0 Å². The number of carbonyl (C=O) groups is 2. The highest BCUT2D eigenvalue weighted by atomic mass is 16.6. The van der Waals surface area contributed by atoms with Crippen LogP contribution in [-0.4, -0.2) is 23.1 Å². The van der Waals surface area contributed by atoms with E-state index in [0.717, 1.165) is 0 Å². The van der Waals surface area contributed by atoms with Gasteiger partial charge in [-0.3, -0.25) is 9.59 Å². The fourth-order valence-corrected chi connectivity index (χ4v) is 0.971. The summed E-state index contributed by atoms with van der Waals surface area (Å²) in [5.74, 6) is -2.02. The van der Waals surface area contributed by atoms with E-state index in [4.69, 9.17) is 5.11 Å². The molecule has 1 N–H and O–H groups in total. The van der Waals surface area contributed by atoms with Crippen LogP contribution in [0.25, 0.3) is 0 Å². The van der Waals surface area contributed by atoms with Gasteiger partial charge in [-0.2, -0.15) is 0 Å². The molecule has 0 aromatic heterocycles. The zero-order valence-electron chi connectivity index (χ0n) is 5.53. The van der Waals surface area contributed by atoms with Crippen molar-refractivity contribution < 1.29 is 19.4 Å². The standard InChI is InChI=1S/C6H8O4/c1-3-4(6(8)9)2-5(7)10-3/h3-4H,2H2,1H3,(H,8,9)/t3-,4+/m1/s1. The van der Waals surface area contributed by atoms with Gasteiger partial charge in [0.1, 0.15) is 12.0 Å². The van der Waals surface area contributed by atoms with Crippen LogP contribution in [0.2, 0.25) is 0 Å². The van der Waals surface area contributed by atoms with Crippen LogP contribution in [0.15, 0.2) is 0 Å². The Kier molecular flexibility index (Phi) is 1.61. The number of hydrogen-bond acceptors (Lipinski definition) is 3. The fourth-order valence-electron chi connectivity index (χ4n) is 0.971. The van der Waals surface area contributed by atoms with Crippen LogP contribution in [0, 0.1) is 5.92 Å². The molecular weight excluding hydrogens is 136 g/mol. The molecule has 1 saturated heterocycles. The van der Waals surface area contributed by atoms with Gasteiger partial charge < -0.3 is 9.84 Å². The second-order valence-corrected chi connectivity index (χ2v) is 2.34. The molecule has 2 atom stereocenters. The first-order valence-corrected chi connectivity index (χ1v) is 3.03. The van der Waals surface area contributed by atoms with E-state index in [1.807, 2.05) is 0 Å². The SMILES string of the molecule is C[C@H]1OC(=O)C[C@@H]1C(=O)O. The Balaban J connectivity index is 2.63. The van der Waals surface area contributed by atoms with E-state index in [1.165, 1.54) is 0 Å². The molecule has 0 saturated carbocycles. The molecule has 0 radical (unpaired) electrons. The van der Waals surface area contributed by atoms with Gasteiger partial charge >= 0.3 is 11.9 Å². The number of hydrogen-bond donors (Lipinski definition) is 1. The van der Waals surface area contributed by atoms with Gasteiger partial charge in [0.2, 0.25) is 0 Å². The molecule has 1 aliphatic rings. The van der Waals surface area contributed by atoms with E-state index < -0.39 is 24.0 Å². The van der Waals surface area contributed by atoms with Crippen molar-refractivity contribution in [2.45, 2.75) is 19.4 Å². The Bertz CT molecular complexity index is 175. The fraction of sp³-hybridized carbons (Fsp3) is 0.667. The normalized spacial score (nSPS) is 31.9. The lowest BCUT2D eigenvalue weighted by atomic mass is 10.0. The van der Waals surface area contributed by atoms with Gasteiger partial charge in [0, 0.05) is 0 Å². The predicted octanol–water partition coefficient (Wildman–Crippen LogP) is 0.0226. The van der Waals surface area contributed by atoms with Gasteiger partial charge in [-0.15, -0.1) is 0 Å². The van der Waals surface area contributed by atoms with E-state index in [-0.39, 0.29) is 6.42 Å². The molecular formula is C6H8O4. The van der Waals surface area contributed by atoms with E-state index in [1.54, 1.807) is 6.92 Å². The minimum Gasteiger partial charge on any atom is -0.481 e. The molecule has 1 fully saturated rings. The molecule has 1 aliphatic heterocycles. The first kappa shape index (κ1) is 7.05. The van der Waals surface area contributed by atoms with Crippen LogP contribution in [0.3, 0.4) is 0 Å². The lowest BCUT2D eigenvalue weighted by molar-refractivity contribution is -0.143. The number of aliphatic carboxylic acids is 1. The van der Waals surface area contributed by atoms with Crippen molar-refractivity contribution in [2.75, 3.05) is 0 Å². The van der Waals surface area contributed by atoms with Crippen molar-refractivity contribution in [3.05, 3.63) is 0 Å². The van der Waals surface area contributed by atoms with Crippen LogP contribution < -0.4 is 0 Å². The van der Waals surface area contributed by atoms with Crippen molar-refractivity contribution in [1.29, 1.82) is 0 Å². The van der Waals surface area contributed by atoms with E-state index in [0.29, 0.717) is 0 Å². The molecule has 4 heteroatoms. The monoisotopic (exact) mass is 144 g/mol. The number of carbonyl (C=O) groups excluding carboxylic acids is 1. The summed E-state index contributed by atoms with van der Waals surface area (Å²) >= 11 is 0. The zero-order chi connectivity index (χ0) is 7.72. The average molecular weight is 144 g/mol. The molecule has 0 unspecified atom stereocenters. The maximum atomic E-state index is 10.5. The van der Waals surface area contributed by atoms with Crippen LogP contribution in [0.1, 0.15) is 13.3 Å². The van der Waals surface area contributed by atoms with Crippen molar-refractivity contribution >= 4 is 11.9 Å². The summed E-state index contributed by atoms with van der Waals surface area (Å²) in [5.41, 5.74) is 0. The van der Waals surface area contributed by atoms with Crippen molar-refractivity contribution in [1.82, 2.24) is 0 Å². The first-order valence-electron chi connectivity index (χ1n) is 3.03. The number of carboxylic acids is 1. The molecule has 0 spiro atoms. The zero-order valence-corrected chi connectivity index (χ0v) is 5.53. The van der Waals surface area contributed by atoms with Crippen LogP contribution in [-0.2, 0) is 14.3 Å². The second kappa shape index (κ2) is 2.28. The number of carboxylic acid groups (broad SMARTS) is 1. The van der Waals surface area contributed by atoms with Crippen molar-refractivity contribution in [3.63, 3.8) is 0 Å². The maximum absolute atomic E-state index is 10.5. The molecule has 1 heterocycles. The number of rotatable bonds is 1. The maximum Gasteiger partial charge on any atom is 0.310 e. The van der Waals surface area contributed by atoms with Crippen LogP contribution >= 0.6 is 0 Å². The van der Waals surface area contributed by atoms with Crippen molar-refractivity contribution in [2.24, 2.45) is 5.92 Å². The van der Waals surface area contributed by atoms with Gasteiger partial charge in [0.15, 0.2) is 0 Å². The lowest BCUT2D eigenvalue weighted by Crippen LogP contribution is -2.20. The van der Waals surface area contributed by atoms with Gasteiger partial charge in [0.25, 0.3) is 0 Å². The van der Waals surface area contributed by atoms with E-state index in [2.05, 4.69) is 4.74 Å². The summed E-state index contributed by atoms with van der Waals surface area (Å²) in [7, 11) is 0. The predicted molar refractivity (Wildman–Crippen MR) is 31.3 cm³/mol. The van der Waals surface area contributed by atoms with E-state index in [9.17, 15) is 9.59 Å².